The summed E-state index contributed by atoms with van der Waals surface area (Å²) >= 11 is 7.87. The highest BCUT2D eigenvalue weighted by Crippen LogP contribution is 2.34. The van der Waals surface area contributed by atoms with Crippen LogP contribution in [0.1, 0.15) is 11.4 Å². The molecule has 13 heteroatoms. The van der Waals surface area contributed by atoms with E-state index in [1.807, 2.05) is 0 Å². The molecule has 0 aliphatic heterocycles. The minimum absolute atomic E-state index is 0.0763. The van der Waals surface area contributed by atoms with Crippen molar-refractivity contribution in [2.45, 2.75) is 17.5 Å². The molecule has 0 saturated heterocycles. The lowest BCUT2D eigenvalue weighted by molar-refractivity contribution is -0.140. The molecule has 7 nitrogen and oxygen atoms in total. The molecule has 3 rings (SSSR count). The molecule has 0 unspecified atom stereocenters. The highest BCUT2D eigenvalue weighted by Gasteiger charge is 2.36. The fourth-order valence-electron chi connectivity index (χ4n) is 1.95. The molecule has 0 bridgehead atoms. The highest BCUT2D eigenvalue weighted by molar-refractivity contribution is 7.99. The summed E-state index contributed by atoms with van der Waals surface area (Å²) in [6.07, 6.45) is -4.38. The van der Waals surface area contributed by atoms with Crippen LogP contribution in [-0.2, 0) is 15.7 Å². The lowest BCUT2D eigenvalue weighted by Crippen LogP contribution is -2.03. The molecular weight excluding hydrogens is 415 g/mol. The third-order valence-corrected chi connectivity index (χ3v) is 5.33. The maximum atomic E-state index is 12.7. The fraction of sp³-hybridized carbons (Fsp3) is 0.308. The van der Waals surface area contributed by atoms with Crippen molar-refractivity contribution in [3.8, 4) is 5.13 Å². The number of esters is 1. The molecule has 0 aliphatic rings. The standard InChI is InChI=1S/C13H9ClF3N5O2S2/c1-24-9(23)2-3-25-6-4-7(14)10-8(5-6)22(21-18-10)12-20-19-11(26-12)13(15,16)17/h4-5H,2-3H2,1H3. The number of benzene rings is 1. The molecule has 0 spiro atoms. The molecule has 0 saturated carbocycles. The first-order chi connectivity index (χ1) is 12.3. The molecule has 1 aromatic carbocycles. The summed E-state index contributed by atoms with van der Waals surface area (Å²) in [7, 11) is 1.30. The van der Waals surface area contributed by atoms with Gasteiger partial charge >= 0.3 is 12.1 Å². The van der Waals surface area contributed by atoms with E-state index in [0.29, 0.717) is 33.0 Å². The molecule has 26 heavy (non-hydrogen) atoms. The van der Waals surface area contributed by atoms with Crippen LogP contribution in [0.2, 0.25) is 5.02 Å². The number of ether oxygens (including phenoxy) is 1. The molecule has 0 radical (unpaired) electrons. The average Bonchev–Trinajstić information content (AvgIpc) is 3.20. The van der Waals surface area contributed by atoms with E-state index in [9.17, 15) is 18.0 Å². The number of hydrogen-bond acceptors (Lipinski definition) is 8. The van der Waals surface area contributed by atoms with Gasteiger partial charge in [0.05, 0.1) is 24.1 Å². The summed E-state index contributed by atoms with van der Waals surface area (Å²) in [5, 5.41) is 13.5. The predicted octanol–water partition coefficient (Wildman–Crippen LogP) is 3.60. The van der Waals surface area contributed by atoms with Crippen LogP contribution in [0, 0.1) is 0 Å². The van der Waals surface area contributed by atoms with E-state index in [2.05, 4.69) is 25.2 Å². The van der Waals surface area contributed by atoms with Gasteiger partial charge in [-0.15, -0.1) is 27.1 Å². The quantitative estimate of drug-likeness (QED) is 0.458. The van der Waals surface area contributed by atoms with E-state index in [4.69, 9.17) is 11.6 Å². The Morgan fingerprint density at radius 2 is 2.12 bits per heavy atom. The van der Waals surface area contributed by atoms with Crippen LogP contribution >= 0.6 is 34.7 Å². The first kappa shape index (κ1) is 18.9. The zero-order valence-electron chi connectivity index (χ0n) is 12.9. The Kier molecular flexibility index (Phi) is 5.34. The molecule has 0 fully saturated rings. The molecule has 0 N–H and O–H groups in total. The van der Waals surface area contributed by atoms with Crippen molar-refractivity contribution in [1.82, 2.24) is 25.2 Å². The van der Waals surface area contributed by atoms with Gasteiger partial charge in [-0.1, -0.05) is 28.2 Å². The van der Waals surface area contributed by atoms with Crippen LogP contribution in [0.15, 0.2) is 17.0 Å². The first-order valence-electron chi connectivity index (χ1n) is 6.95. The maximum absolute atomic E-state index is 12.7. The van der Waals surface area contributed by atoms with E-state index < -0.39 is 11.2 Å². The van der Waals surface area contributed by atoms with Crippen molar-refractivity contribution in [2.75, 3.05) is 12.9 Å². The molecule has 3 aromatic rings. The summed E-state index contributed by atoms with van der Waals surface area (Å²) in [5.74, 6) is 0.109. The third-order valence-electron chi connectivity index (χ3n) is 3.12. The van der Waals surface area contributed by atoms with Crippen molar-refractivity contribution in [2.24, 2.45) is 0 Å². The Bertz CT molecular complexity index is 959. The van der Waals surface area contributed by atoms with E-state index in [1.54, 1.807) is 12.1 Å². The van der Waals surface area contributed by atoms with E-state index >= 15 is 0 Å². The molecule has 2 aromatic heterocycles. The number of carbonyl (C=O) groups excluding carboxylic acids is 1. The molecule has 138 valence electrons. The summed E-state index contributed by atoms with van der Waals surface area (Å²) in [5.41, 5.74) is 0.718. The van der Waals surface area contributed by atoms with Gasteiger partial charge in [-0.2, -0.15) is 17.9 Å². The second-order valence-electron chi connectivity index (χ2n) is 4.84. The van der Waals surface area contributed by atoms with Gasteiger partial charge in [0.1, 0.15) is 5.52 Å². The van der Waals surface area contributed by atoms with Crippen LogP contribution in [0.25, 0.3) is 16.2 Å². The van der Waals surface area contributed by atoms with Gasteiger partial charge in [0.15, 0.2) is 0 Å². The Hall–Kier alpha value is -1.92. The first-order valence-corrected chi connectivity index (χ1v) is 9.13. The topological polar surface area (TPSA) is 82.8 Å². The number of thioether (sulfide) groups is 1. The fourth-order valence-corrected chi connectivity index (χ4v) is 3.84. The monoisotopic (exact) mass is 423 g/mol. The van der Waals surface area contributed by atoms with Gasteiger partial charge in [0.25, 0.3) is 0 Å². The maximum Gasteiger partial charge on any atom is 0.445 e. The summed E-state index contributed by atoms with van der Waals surface area (Å²) in [6, 6.07) is 3.31. The number of rotatable bonds is 5. The van der Waals surface area contributed by atoms with Gasteiger partial charge in [0, 0.05) is 10.6 Å². The number of carbonyl (C=O) groups is 1. The number of halogens is 4. The molecule has 2 heterocycles. The van der Waals surface area contributed by atoms with Crippen LogP contribution in [0.4, 0.5) is 13.2 Å². The largest absolute Gasteiger partial charge is 0.469 e. The van der Waals surface area contributed by atoms with Crippen LogP contribution in [0.5, 0.6) is 0 Å². The lowest BCUT2D eigenvalue weighted by Gasteiger charge is -2.03. The Labute approximate surface area is 157 Å². The van der Waals surface area contributed by atoms with Crippen LogP contribution < -0.4 is 0 Å². The summed E-state index contributed by atoms with van der Waals surface area (Å²) in [4.78, 5) is 11.9. The number of fused-ring (bicyclic) bond motifs is 1. The lowest BCUT2D eigenvalue weighted by atomic mass is 10.3. The van der Waals surface area contributed by atoms with Crippen molar-refractivity contribution in [1.29, 1.82) is 0 Å². The van der Waals surface area contributed by atoms with Gasteiger partial charge in [0.2, 0.25) is 10.1 Å². The summed E-state index contributed by atoms with van der Waals surface area (Å²) < 4.78 is 43.9. The minimum Gasteiger partial charge on any atom is -0.469 e. The second kappa shape index (κ2) is 7.37. The number of hydrogen-bond donors (Lipinski definition) is 0. The van der Waals surface area contributed by atoms with Gasteiger partial charge in [-0.25, -0.2) is 0 Å². The zero-order chi connectivity index (χ0) is 18.9. The number of alkyl halides is 3. The van der Waals surface area contributed by atoms with E-state index in [-0.39, 0.29) is 22.5 Å². The van der Waals surface area contributed by atoms with Crippen molar-refractivity contribution in [3.05, 3.63) is 22.2 Å². The smallest absolute Gasteiger partial charge is 0.445 e. The Morgan fingerprint density at radius 1 is 1.35 bits per heavy atom. The van der Waals surface area contributed by atoms with Gasteiger partial charge in [-0.3, -0.25) is 4.79 Å². The van der Waals surface area contributed by atoms with Crippen molar-refractivity contribution >= 4 is 51.7 Å². The summed E-state index contributed by atoms with van der Waals surface area (Å²) in [6.45, 7) is 0. The number of aromatic nitrogens is 5. The van der Waals surface area contributed by atoms with E-state index in [1.165, 1.54) is 18.9 Å². The third kappa shape index (κ3) is 3.91. The minimum atomic E-state index is -4.58. The SMILES string of the molecule is COC(=O)CCSc1cc(Cl)c2nnn(-c3nnc(C(F)(F)F)s3)c2c1. The average molecular weight is 424 g/mol. The number of nitrogens with zero attached hydrogens (tertiary/aromatic N) is 5. The predicted molar refractivity (Wildman–Crippen MR) is 89.7 cm³/mol. The molecule has 0 aliphatic carbocycles. The van der Waals surface area contributed by atoms with Crippen LogP contribution in [0.3, 0.4) is 0 Å². The molecule has 0 amide bonds. The van der Waals surface area contributed by atoms with Crippen LogP contribution in [-0.4, -0.2) is 44.0 Å². The van der Waals surface area contributed by atoms with Gasteiger partial charge < -0.3 is 4.74 Å². The second-order valence-corrected chi connectivity index (χ2v) is 7.37. The van der Waals surface area contributed by atoms with Crippen molar-refractivity contribution < 1.29 is 22.7 Å². The highest BCUT2D eigenvalue weighted by atomic mass is 35.5. The molecule has 0 atom stereocenters. The normalized spacial score (nSPS) is 11.9. The van der Waals surface area contributed by atoms with Gasteiger partial charge in [-0.05, 0) is 12.1 Å². The van der Waals surface area contributed by atoms with Crippen molar-refractivity contribution in [3.63, 3.8) is 0 Å². The molecular formula is C13H9ClF3N5O2S2. The zero-order valence-corrected chi connectivity index (χ0v) is 15.3. The Balaban J connectivity index is 1.92. The number of methoxy groups -OCH3 is 1. The van der Waals surface area contributed by atoms with E-state index in [0.717, 1.165) is 4.68 Å². The Morgan fingerprint density at radius 3 is 2.77 bits per heavy atom.